The van der Waals surface area contributed by atoms with E-state index in [1.807, 2.05) is 18.2 Å². The lowest BCUT2D eigenvalue weighted by Gasteiger charge is -2.24. The maximum absolute atomic E-state index is 12.7. The molecule has 0 saturated heterocycles. The largest absolute Gasteiger partial charge is 0.433 e. The summed E-state index contributed by atoms with van der Waals surface area (Å²) in [4.78, 5) is 7.61. The summed E-state index contributed by atoms with van der Waals surface area (Å²) in [5.74, 6) is 0. The van der Waals surface area contributed by atoms with Crippen molar-refractivity contribution in [3.63, 3.8) is 0 Å². The van der Waals surface area contributed by atoms with Gasteiger partial charge in [-0.15, -0.1) is 0 Å². The molecule has 21 heavy (non-hydrogen) atoms. The van der Waals surface area contributed by atoms with Gasteiger partial charge in [0.1, 0.15) is 5.69 Å². The number of hydrogen-bond acceptors (Lipinski definition) is 3. The van der Waals surface area contributed by atoms with E-state index < -0.39 is 11.9 Å². The predicted molar refractivity (Wildman–Crippen MR) is 75.0 cm³/mol. The van der Waals surface area contributed by atoms with Gasteiger partial charge in [-0.05, 0) is 36.5 Å². The van der Waals surface area contributed by atoms with E-state index in [0.717, 1.165) is 25.3 Å². The van der Waals surface area contributed by atoms with Crippen LogP contribution in [0.2, 0.25) is 0 Å². The Morgan fingerprint density at radius 3 is 2.76 bits per heavy atom. The Morgan fingerprint density at radius 2 is 1.95 bits per heavy atom. The fourth-order valence-electron chi connectivity index (χ4n) is 2.51. The van der Waals surface area contributed by atoms with Crippen molar-refractivity contribution in [2.45, 2.75) is 35.8 Å². The fraction of sp³-hybridized carbons (Fsp3) is 0.333. The zero-order valence-electron chi connectivity index (χ0n) is 11.1. The Hall–Kier alpha value is -1.56. The molecule has 0 unspecified atom stereocenters. The maximum atomic E-state index is 12.7. The number of hydrogen-bond donors (Lipinski definition) is 0. The van der Waals surface area contributed by atoms with Gasteiger partial charge in [0, 0.05) is 11.4 Å². The normalized spacial score (nSPS) is 18.3. The van der Waals surface area contributed by atoms with Crippen LogP contribution < -0.4 is 0 Å². The van der Waals surface area contributed by atoms with Crippen LogP contribution in [0.4, 0.5) is 13.2 Å². The minimum Gasteiger partial charge on any atom is -0.231 e. The Bertz CT molecular complexity index is 643. The maximum Gasteiger partial charge on any atom is 0.433 e. The van der Waals surface area contributed by atoms with Gasteiger partial charge in [-0.2, -0.15) is 13.2 Å². The summed E-state index contributed by atoms with van der Waals surface area (Å²) in [5.41, 5.74) is 1.58. The number of benzene rings is 1. The standard InChI is InChI=1S/C15H13F3N2S/c16-15(17,18)13-8-9-19-14(20-13)21-12-7-3-5-10-4-1-2-6-11(10)12/h1-2,4,6,8-9,12H,3,5,7H2/t12-/m1/s1. The SMILES string of the molecule is FC(F)(F)c1ccnc(S[C@@H]2CCCc3ccccc32)n1. The smallest absolute Gasteiger partial charge is 0.231 e. The molecular weight excluding hydrogens is 297 g/mol. The number of nitrogens with zero attached hydrogens (tertiary/aromatic N) is 2. The van der Waals surface area contributed by atoms with Gasteiger partial charge in [0.05, 0.1) is 0 Å². The third kappa shape index (κ3) is 3.20. The summed E-state index contributed by atoms with van der Waals surface area (Å²) in [6.07, 6.45) is -0.263. The lowest BCUT2D eigenvalue weighted by molar-refractivity contribution is -0.141. The molecule has 2 aromatic rings. The zero-order chi connectivity index (χ0) is 14.9. The number of alkyl halides is 3. The highest BCUT2D eigenvalue weighted by Crippen LogP contribution is 2.42. The first-order valence-corrected chi connectivity index (χ1v) is 7.57. The molecule has 0 aliphatic heterocycles. The van der Waals surface area contributed by atoms with Crippen molar-refractivity contribution >= 4 is 11.8 Å². The number of halogens is 3. The van der Waals surface area contributed by atoms with Gasteiger partial charge < -0.3 is 0 Å². The van der Waals surface area contributed by atoms with Gasteiger partial charge in [-0.1, -0.05) is 36.0 Å². The van der Waals surface area contributed by atoms with E-state index in [4.69, 9.17) is 0 Å². The van der Waals surface area contributed by atoms with E-state index in [0.29, 0.717) is 0 Å². The molecule has 0 fully saturated rings. The molecule has 1 aliphatic rings. The van der Waals surface area contributed by atoms with E-state index in [-0.39, 0.29) is 10.4 Å². The molecule has 110 valence electrons. The van der Waals surface area contributed by atoms with Crippen LogP contribution in [0.15, 0.2) is 41.7 Å². The second kappa shape index (κ2) is 5.67. The van der Waals surface area contributed by atoms with Crippen LogP contribution >= 0.6 is 11.8 Å². The molecule has 1 heterocycles. The van der Waals surface area contributed by atoms with Crippen molar-refractivity contribution in [3.8, 4) is 0 Å². The van der Waals surface area contributed by atoms with E-state index in [1.165, 1.54) is 29.1 Å². The Balaban J connectivity index is 1.85. The number of aryl methyl sites for hydroxylation is 1. The van der Waals surface area contributed by atoms with Crippen molar-refractivity contribution in [2.24, 2.45) is 0 Å². The highest BCUT2D eigenvalue weighted by atomic mass is 32.2. The Morgan fingerprint density at radius 1 is 1.14 bits per heavy atom. The molecule has 6 heteroatoms. The molecule has 1 aromatic heterocycles. The molecule has 1 aliphatic carbocycles. The van der Waals surface area contributed by atoms with E-state index in [1.54, 1.807) is 0 Å². The second-order valence-corrected chi connectivity index (χ2v) is 6.09. The first-order valence-electron chi connectivity index (χ1n) is 6.69. The van der Waals surface area contributed by atoms with Gasteiger partial charge in [-0.25, -0.2) is 9.97 Å². The molecule has 0 N–H and O–H groups in total. The molecule has 0 spiro atoms. The molecule has 0 saturated carbocycles. The van der Waals surface area contributed by atoms with Crippen molar-refractivity contribution in [1.82, 2.24) is 9.97 Å². The van der Waals surface area contributed by atoms with E-state index in [2.05, 4.69) is 16.0 Å². The number of rotatable bonds is 2. The van der Waals surface area contributed by atoms with Gasteiger partial charge in [-0.3, -0.25) is 0 Å². The molecule has 0 amide bonds. The van der Waals surface area contributed by atoms with Crippen LogP contribution in [0.5, 0.6) is 0 Å². The van der Waals surface area contributed by atoms with Crippen LogP contribution in [0.25, 0.3) is 0 Å². The van der Waals surface area contributed by atoms with Crippen molar-refractivity contribution < 1.29 is 13.2 Å². The summed E-state index contributed by atoms with van der Waals surface area (Å²) in [5, 5.41) is 0.310. The third-order valence-corrected chi connectivity index (χ3v) is 4.67. The van der Waals surface area contributed by atoms with E-state index in [9.17, 15) is 13.2 Å². The lowest BCUT2D eigenvalue weighted by atomic mass is 9.91. The summed E-state index contributed by atoms with van der Waals surface area (Å²) in [6, 6.07) is 8.98. The quantitative estimate of drug-likeness (QED) is 0.754. The predicted octanol–water partition coefficient (Wildman–Crippen LogP) is 4.67. The molecule has 0 bridgehead atoms. The van der Waals surface area contributed by atoms with Crippen molar-refractivity contribution in [1.29, 1.82) is 0 Å². The molecular formula is C15H13F3N2S. The second-order valence-electron chi connectivity index (χ2n) is 4.92. The molecule has 0 radical (unpaired) electrons. The minimum absolute atomic E-state index is 0.124. The van der Waals surface area contributed by atoms with Gasteiger partial charge in [0.2, 0.25) is 0 Å². The first kappa shape index (κ1) is 14.4. The van der Waals surface area contributed by atoms with Gasteiger partial charge in [0.25, 0.3) is 0 Å². The molecule has 2 nitrogen and oxygen atoms in total. The average Bonchev–Trinajstić information content (AvgIpc) is 2.47. The summed E-state index contributed by atoms with van der Waals surface area (Å²) >= 11 is 1.32. The highest BCUT2D eigenvalue weighted by molar-refractivity contribution is 7.99. The zero-order valence-corrected chi connectivity index (χ0v) is 11.9. The molecule has 1 atom stereocenters. The number of thioether (sulfide) groups is 1. The van der Waals surface area contributed by atoms with Crippen LogP contribution in [0.1, 0.15) is 34.9 Å². The van der Waals surface area contributed by atoms with Crippen molar-refractivity contribution in [3.05, 3.63) is 53.3 Å². The fourth-order valence-corrected chi connectivity index (χ4v) is 3.68. The van der Waals surface area contributed by atoms with Crippen LogP contribution in [-0.4, -0.2) is 9.97 Å². The van der Waals surface area contributed by atoms with Crippen LogP contribution in [0.3, 0.4) is 0 Å². The topological polar surface area (TPSA) is 25.8 Å². The monoisotopic (exact) mass is 310 g/mol. The Kier molecular flexibility index (Phi) is 3.89. The number of fused-ring (bicyclic) bond motifs is 1. The van der Waals surface area contributed by atoms with Crippen LogP contribution in [-0.2, 0) is 12.6 Å². The van der Waals surface area contributed by atoms with E-state index >= 15 is 0 Å². The minimum atomic E-state index is -4.43. The third-order valence-electron chi connectivity index (χ3n) is 3.49. The average molecular weight is 310 g/mol. The summed E-state index contributed by atoms with van der Waals surface area (Å²) in [6.45, 7) is 0. The molecule has 1 aromatic carbocycles. The highest BCUT2D eigenvalue weighted by Gasteiger charge is 2.33. The van der Waals surface area contributed by atoms with Crippen molar-refractivity contribution in [2.75, 3.05) is 0 Å². The summed E-state index contributed by atoms with van der Waals surface area (Å²) < 4.78 is 38.1. The van der Waals surface area contributed by atoms with Crippen LogP contribution in [0, 0.1) is 0 Å². The lowest BCUT2D eigenvalue weighted by Crippen LogP contribution is -2.10. The molecule has 3 rings (SSSR count). The first-order chi connectivity index (χ1) is 10.0. The van der Waals surface area contributed by atoms with Gasteiger partial charge in [0.15, 0.2) is 5.16 Å². The Labute approximate surface area is 124 Å². The van der Waals surface area contributed by atoms with Gasteiger partial charge >= 0.3 is 6.18 Å². The number of aromatic nitrogens is 2. The summed E-state index contributed by atoms with van der Waals surface area (Å²) in [7, 11) is 0.